The molecule has 6 nitrogen and oxygen atoms in total. The van der Waals surface area contributed by atoms with Crippen LogP contribution in [0.15, 0.2) is 12.2 Å². The fourth-order valence-electron chi connectivity index (χ4n) is 7.44. The number of esters is 3. The molecule has 57 heavy (non-hydrogen) atoms. The van der Waals surface area contributed by atoms with Crippen molar-refractivity contribution < 1.29 is 28.6 Å². The second kappa shape index (κ2) is 46.8. The molecule has 1 atom stereocenters. The van der Waals surface area contributed by atoms with E-state index in [1.165, 1.54) is 167 Å². The van der Waals surface area contributed by atoms with Crippen molar-refractivity contribution >= 4 is 17.9 Å². The second-order valence-electron chi connectivity index (χ2n) is 17.1. The highest BCUT2D eigenvalue weighted by molar-refractivity contribution is 5.71. The van der Waals surface area contributed by atoms with Crippen LogP contribution >= 0.6 is 0 Å². The lowest BCUT2D eigenvalue weighted by Crippen LogP contribution is -2.30. The molecule has 0 aromatic heterocycles. The van der Waals surface area contributed by atoms with E-state index in [2.05, 4.69) is 32.9 Å². The summed E-state index contributed by atoms with van der Waals surface area (Å²) in [5.41, 5.74) is 0. The number of hydrogen-bond acceptors (Lipinski definition) is 6. The van der Waals surface area contributed by atoms with Crippen LogP contribution in [0.5, 0.6) is 0 Å². The van der Waals surface area contributed by atoms with Crippen molar-refractivity contribution in [3.8, 4) is 0 Å². The lowest BCUT2D eigenvalue weighted by Gasteiger charge is -2.18. The van der Waals surface area contributed by atoms with Crippen LogP contribution in [0.25, 0.3) is 0 Å². The van der Waals surface area contributed by atoms with Crippen molar-refractivity contribution in [2.24, 2.45) is 0 Å². The van der Waals surface area contributed by atoms with Crippen molar-refractivity contribution in [3.63, 3.8) is 0 Å². The quantitative estimate of drug-likeness (QED) is 0.0264. The van der Waals surface area contributed by atoms with E-state index in [-0.39, 0.29) is 31.1 Å². The highest BCUT2D eigenvalue weighted by Crippen LogP contribution is 2.16. The van der Waals surface area contributed by atoms with Crippen LogP contribution in [0.1, 0.15) is 278 Å². The smallest absolute Gasteiger partial charge is 0.306 e. The molecule has 0 bridgehead atoms. The number of carbonyl (C=O) groups is 3. The van der Waals surface area contributed by atoms with E-state index in [4.69, 9.17) is 14.2 Å². The van der Waals surface area contributed by atoms with Gasteiger partial charge < -0.3 is 14.2 Å². The maximum absolute atomic E-state index is 12.6. The predicted molar refractivity (Wildman–Crippen MR) is 243 cm³/mol. The van der Waals surface area contributed by atoms with Gasteiger partial charge in [-0.3, -0.25) is 14.4 Å². The average Bonchev–Trinajstić information content (AvgIpc) is 3.21. The van der Waals surface area contributed by atoms with E-state index in [0.717, 1.165) is 70.6 Å². The SMILES string of the molecule is CCCCCCCC/C=C/CCCCCCCC(=O)OCC(COC(=O)CCCCCCCCCCCCCCCCCCCCC)OC(=O)CCCCCCC. The molecule has 0 saturated heterocycles. The van der Waals surface area contributed by atoms with Gasteiger partial charge in [0.2, 0.25) is 0 Å². The molecule has 1 unspecified atom stereocenters. The van der Waals surface area contributed by atoms with Crippen LogP contribution in [0, 0.1) is 0 Å². The number of carbonyl (C=O) groups excluding carboxylic acids is 3. The molecular formula is C51H96O6. The average molecular weight is 805 g/mol. The number of hydrogen-bond donors (Lipinski definition) is 0. The molecule has 0 amide bonds. The van der Waals surface area contributed by atoms with Crippen molar-refractivity contribution in [2.75, 3.05) is 13.2 Å². The Hall–Kier alpha value is -1.85. The molecule has 336 valence electrons. The van der Waals surface area contributed by atoms with Gasteiger partial charge in [0, 0.05) is 19.3 Å². The Kier molecular flexibility index (Phi) is 45.3. The Morgan fingerprint density at radius 1 is 0.333 bits per heavy atom. The lowest BCUT2D eigenvalue weighted by molar-refractivity contribution is -0.167. The van der Waals surface area contributed by atoms with E-state index in [0.29, 0.717) is 19.3 Å². The van der Waals surface area contributed by atoms with E-state index in [1.807, 2.05) is 0 Å². The zero-order chi connectivity index (χ0) is 41.5. The standard InChI is InChI=1S/C51H96O6/c1-4-7-10-13-15-17-19-21-23-24-25-26-28-30-32-34-36-39-41-44-50(53)56-47-48(57-51(54)45-42-37-12-9-6-3)46-55-49(52)43-40-38-35-33-31-29-27-22-20-18-16-14-11-8-5-2/h22,27,48H,4-21,23-26,28-47H2,1-3H3/b27-22+. The summed E-state index contributed by atoms with van der Waals surface area (Å²) in [5, 5.41) is 0. The van der Waals surface area contributed by atoms with Crippen molar-refractivity contribution in [2.45, 2.75) is 284 Å². The Balaban J connectivity index is 4.07. The topological polar surface area (TPSA) is 78.9 Å². The third-order valence-corrected chi connectivity index (χ3v) is 11.3. The Labute approximate surface area is 354 Å². The largest absolute Gasteiger partial charge is 0.462 e. The predicted octanol–water partition coefficient (Wildman–Crippen LogP) is 16.2. The van der Waals surface area contributed by atoms with Gasteiger partial charge in [0.15, 0.2) is 6.10 Å². The summed E-state index contributed by atoms with van der Waals surface area (Å²) in [4.78, 5) is 37.6. The molecule has 0 N–H and O–H groups in total. The number of rotatable bonds is 46. The normalized spacial score (nSPS) is 12.0. The van der Waals surface area contributed by atoms with Crippen LogP contribution in [0.3, 0.4) is 0 Å². The minimum atomic E-state index is -0.764. The van der Waals surface area contributed by atoms with Gasteiger partial charge >= 0.3 is 17.9 Å². The van der Waals surface area contributed by atoms with Gasteiger partial charge in [0.25, 0.3) is 0 Å². The molecule has 0 aromatic carbocycles. The van der Waals surface area contributed by atoms with Gasteiger partial charge in [-0.25, -0.2) is 0 Å². The molecule has 0 spiro atoms. The minimum absolute atomic E-state index is 0.0692. The maximum atomic E-state index is 12.6. The van der Waals surface area contributed by atoms with Gasteiger partial charge in [-0.1, -0.05) is 226 Å². The van der Waals surface area contributed by atoms with Crippen LogP contribution in [0.2, 0.25) is 0 Å². The number of allylic oxidation sites excluding steroid dienone is 2. The first-order valence-electron chi connectivity index (χ1n) is 25.2. The molecule has 0 aliphatic rings. The summed E-state index contributed by atoms with van der Waals surface area (Å²) >= 11 is 0. The molecule has 0 radical (unpaired) electrons. The van der Waals surface area contributed by atoms with E-state index in [9.17, 15) is 14.4 Å². The summed E-state index contributed by atoms with van der Waals surface area (Å²) in [7, 11) is 0. The Morgan fingerprint density at radius 3 is 0.877 bits per heavy atom. The molecule has 0 aliphatic carbocycles. The van der Waals surface area contributed by atoms with Crippen molar-refractivity contribution in [3.05, 3.63) is 12.2 Å². The molecule has 0 rings (SSSR count). The van der Waals surface area contributed by atoms with Gasteiger partial charge in [0.1, 0.15) is 13.2 Å². The first-order valence-corrected chi connectivity index (χ1v) is 25.2. The fraction of sp³-hybridized carbons (Fsp3) is 0.902. The monoisotopic (exact) mass is 805 g/mol. The molecule has 6 heteroatoms. The van der Waals surface area contributed by atoms with Crippen molar-refractivity contribution in [1.29, 1.82) is 0 Å². The number of unbranched alkanes of at least 4 members (excludes halogenated alkanes) is 33. The van der Waals surface area contributed by atoms with E-state index in [1.54, 1.807) is 0 Å². The zero-order valence-electron chi connectivity index (χ0n) is 38.4. The maximum Gasteiger partial charge on any atom is 0.306 e. The van der Waals surface area contributed by atoms with Crippen LogP contribution in [0.4, 0.5) is 0 Å². The van der Waals surface area contributed by atoms with E-state index >= 15 is 0 Å². The Bertz CT molecular complexity index is 885. The summed E-state index contributed by atoms with van der Waals surface area (Å²) in [6, 6.07) is 0. The summed E-state index contributed by atoms with van der Waals surface area (Å²) < 4.78 is 16.6. The molecule has 0 fully saturated rings. The fourth-order valence-corrected chi connectivity index (χ4v) is 7.44. The molecule has 0 heterocycles. The molecule has 0 aromatic rings. The first-order chi connectivity index (χ1) is 28.0. The lowest BCUT2D eigenvalue weighted by atomic mass is 10.0. The Morgan fingerprint density at radius 2 is 0.579 bits per heavy atom. The van der Waals surface area contributed by atoms with Crippen LogP contribution in [-0.4, -0.2) is 37.2 Å². The third kappa shape index (κ3) is 45.1. The molecule has 0 aliphatic heterocycles. The highest BCUT2D eigenvalue weighted by Gasteiger charge is 2.19. The van der Waals surface area contributed by atoms with Crippen LogP contribution in [-0.2, 0) is 28.6 Å². The minimum Gasteiger partial charge on any atom is -0.462 e. The van der Waals surface area contributed by atoms with Gasteiger partial charge in [-0.15, -0.1) is 0 Å². The first kappa shape index (κ1) is 55.2. The summed E-state index contributed by atoms with van der Waals surface area (Å²) in [5.74, 6) is -0.879. The van der Waals surface area contributed by atoms with E-state index < -0.39 is 6.10 Å². The molecular weight excluding hydrogens is 709 g/mol. The number of ether oxygens (including phenoxy) is 3. The van der Waals surface area contributed by atoms with Gasteiger partial charge in [-0.05, 0) is 44.9 Å². The molecule has 0 saturated carbocycles. The van der Waals surface area contributed by atoms with Crippen molar-refractivity contribution in [1.82, 2.24) is 0 Å². The van der Waals surface area contributed by atoms with Gasteiger partial charge in [0.05, 0.1) is 0 Å². The third-order valence-electron chi connectivity index (χ3n) is 11.3. The van der Waals surface area contributed by atoms with Crippen LogP contribution < -0.4 is 0 Å². The zero-order valence-corrected chi connectivity index (χ0v) is 38.4. The second-order valence-corrected chi connectivity index (χ2v) is 17.1. The van der Waals surface area contributed by atoms with Gasteiger partial charge in [-0.2, -0.15) is 0 Å². The summed E-state index contributed by atoms with van der Waals surface area (Å²) in [6.45, 7) is 6.57. The summed E-state index contributed by atoms with van der Waals surface area (Å²) in [6.07, 6.45) is 50.9. The highest BCUT2D eigenvalue weighted by atomic mass is 16.6.